The molecule has 9 nitrogen and oxygen atoms in total. The van der Waals surface area contributed by atoms with E-state index in [2.05, 4.69) is 26.9 Å². The Labute approximate surface area is 238 Å². The van der Waals surface area contributed by atoms with Crippen molar-refractivity contribution >= 4 is 41.4 Å². The minimum atomic E-state index is -0.448. The summed E-state index contributed by atoms with van der Waals surface area (Å²) < 4.78 is 9.24. The van der Waals surface area contributed by atoms with E-state index in [0.29, 0.717) is 27.4 Å². The lowest BCUT2D eigenvalue weighted by Crippen LogP contribution is -2.48. The van der Waals surface area contributed by atoms with Crippen LogP contribution in [0.4, 0.5) is 5.69 Å². The second kappa shape index (κ2) is 14.9. The van der Waals surface area contributed by atoms with E-state index in [0.717, 1.165) is 38.0 Å². The van der Waals surface area contributed by atoms with E-state index in [1.807, 2.05) is 12.1 Å². The number of amides is 1. The number of likely N-dealkylation sites (N-methyl/N-ethyl adjacent to an activating group) is 1. The number of carbonyl (C=O) groups is 4. The van der Waals surface area contributed by atoms with Crippen molar-refractivity contribution in [3.05, 3.63) is 100 Å². The summed E-state index contributed by atoms with van der Waals surface area (Å²) >= 11 is 5.93. The Bertz CT molecular complexity index is 1290. The number of methoxy groups -OCH3 is 2. The predicted octanol–water partition coefficient (Wildman–Crippen LogP) is 4.34. The number of rotatable bonds is 7. The van der Waals surface area contributed by atoms with Crippen LogP contribution in [0, 0.1) is 0 Å². The molecule has 1 atom stereocenters. The second-order valence-electron chi connectivity index (χ2n) is 9.08. The number of benzene rings is 3. The largest absolute Gasteiger partial charge is 0.465 e. The SMILES string of the molecule is COC(=O)c1ccc(C(C(=O)Nc2ccc(Cl)cc2)N2CCN(C)CC2)cc1.COC(=O)c1ccc(C=O)cc1. The summed E-state index contributed by atoms with van der Waals surface area (Å²) in [4.78, 5) is 50.4. The lowest BCUT2D eigenvalue weighted by atomic mass is 10.0. The lowest BCUT2D eigenvalue weighted by Gasteiger charge is -2.37. The summed E-state index contributed by atoms with van der Waals surface area (Å²) in [6.07, 6.45) is 0.723. The lowest BCUT2D eigenvalue weighted by molar-refractivity contribution is -0.122. The minimum Gasteiger partial charge on any atom is -0.465 e. The van der Waals surface area contributed by atoms with E-state index in [4.69, 9.17) is 16.3 Å². The monoisotopic (exact) mass is 565 g/mol. The first kappa shape index (κ1) is 30.5. The number of carbonyl (C=O) groups excluding carboxylic acids is 4. The molecule has 1 aliphatic rings. The van der Waals surface area contributed by atoms with Gasteiger partial charge in [0.15, 0.2) is 0 Å². The maximum absolute atomic E-state index is 13.2. The molecule has 1 N–H and O–H groups in total. The zero-order chi connectivity index (χ0) is 29.1. The minimum absolute atomic E-state index is 0.113. The van der Waals surface area contributed by atoms with Gasteiger partial charge < -0.3 is 19.7 Å². The van der Waals surface area contributed by atoms with E-state index in [9.17, 15) is 19.2 Å². The quantitative estimate of drug-likeness (QED) is 0.333. The number of nitrogens with zero attached hydrogens (tertiary/aromatic N) is 2. The van der Waals surface area contributed by atoms with Crippen molar-refractivity contribution in [2.45, 2.75) is 6.04 Å². The number of hydrogen-bond donors (Lipinski definition) is 1. The Kier molecular flexibility index (Phi) is 11.4. The highest BCUT2D eigenvalue weighted by molar-refractivity contribution is 6.30. The first-order valence-corrected chi connectivity index (χ1v) is 12.9. The summed E-state index contributed by atoms with van der Waals surface area (Å²) in [5, 5.41) is 3.60. The predicted molar refractivity (Wildman–Crippen MR) is 153 cm³/mol. The van der Waals surface area contributed by atoms with Crippen LogP contribution in [-0.2, 0) is 14.3 Å². The highest BCUT2D eigenvalue weighted by atomic mass is 35.5. The van der Waals surface area contributed by atoms with Crippen molar-refractivity contribution in [2.75, 3.05) is 52.8 Å². The molecule has 1 heterocycles. The third kappa shape index (κ3) is 8.47. The maximum Gasteiger partial charge on any atom is 0.337 e. The fraction of sp³-hybridized carbons (Fsp3) is 0.267. The van der Waals surface area contributed by atoms with Crippen LogP contribution >= 0.6 is 11.6 Å². The Morgan fingerprint density at radius 2 is 1.30 bits per heavy atom. The fourth-order valence-corrected chi connectivity index (χ4v) is 4.21. The average molecular weight is 566 g/mol. The molecule has 0 aromatic heterocycles. The Morgan fingerprint density at radius 1 is 0.800 bits per heavy atom. The number of piperazine rings is 1. The van der Waals surface area contributed by atoms with Crippen LogP contribution in [0.3, 0.4) is 0 Å². The molecule has 1 aliphatic heterocycles. The van der Waals surface area contributed by atoms with Crippen molar-refractivity contribution in [3.63, 3.8) is 0 Å². The van der Waals surface area contributed by atoms with Crippen LogP contribution in [0.15, 0.2) is 72.8 Å². The molecule has 1 unspecified atom stereocenters. The van der Waals surface area contributed by atoms with Crippen LogP contribution in [0.1, 0.15) is 42.7 Å². The summed E-state index contributed by atoms with van der Waals surface area (Å²) in [7, 11) is 4.74. The van der Waals surface area contributed by atoms with Crippen LogP contribution in [-0.4, -0.2) is 81.4 Å². The number of ether oxygens (including phenoxy) is 2. The normalized spacial score (nSPS) is 14.2. The molecule has 0 spiro atoms. The van der Waals surface area contributed by atoms with Gasteiger partial charge in [-0.1, -0.05) is 35.9 Å². The van der Waals surface area contributed by atoms with Gasteiger partial charge in [0.1, 0.15) is 12.3 Å². The van der Waals surface area contributed by atoms with E-state index in [1.165, 1.54) is 14.2 Å². The van der Waals surface area contributed by atoms with Gasteiger partial charge in [-0.2, -0.15) is 0 Å². The molecule has 40 heavy (non-hydrogen) atoms. The van der Waals surface area contributed by atoms with Gasteiger partial charge in [0.25, 0.3) is 0 Å². The molecule has 10 heteroatoms. The van der Waals surface area contributed by atoms with Crippen LogP contribution in [0.5, 0.6) is 0 Å². The number of aldehydes is 1. The van der Waals surface area contributed by atoms with E-state index in [-0.39, 0.29) is 5.91 Å². The highest BCUT2D eigenvalue weighted by Gasteiger charge is 2.30. The molecule has 210 valence electrons. The summed E-state index contributed by atoms with van der Waals surface area (Å²) in [5.41, 5.74) is 2.98. The number of halogens is 1. The molecular weight excluding hydrogens is 534 g/mol. The van der Waals surface area contributed by atoms with Gasteiger partial charge in [-0.05, 0) is 61.1 Å². The molecule has 0 aliphatic carbocycles. The van der Waals surface area contributed by atoms with Gasteiger partial charge in [-0.15, -0.1) is 0 Å². The van der Waals surface area contributed by atoms with Crippen molar-refractivity contribution in [2.24, 2.45) is 0 Å². The summed E-state index contributed by atoms with van der Waals surface area (Å²) in [6, 6.07) is 19.9. The summed E-state index contributed by atoms with van der Waals surface area (Å²) in [6.45, 7) is 3.36. The molecule has 1 fully saturated rings. The molecule has 0 saturated carbocycles. The van der Waals surface area contributed by atoms with Gasteiger partial charge in [0.05, 0.1) is 25.3 Å². The van der Waals surface area contributed by atoms with Crippen molar-refractivity contribution in [3.8, 4) is 0 Å². The average Bonchev–Trinajstić information content (AvgIpc) is 2.99. The fourth-order valence-electron chi connectivity index (χ4n) is 4.09. The smallest absolute Gasteiger partial charge is 0.337 e. The molecule has 3 aromatic rings. The zero-order valence-corrected chi connectivity index (χ0v) is 23.4. The Hall–Kier alpha value is -4.05. The van der Waals surface area contributed by atoms with E-state index >= 15 is 0 Å². The molecule has 3 aromatic carbocycles. The number of anilines is 1. The van der Waals surface area contributed by atoms with Crippen LogP contribution in [0.2, 0.25) is 5.02 Å². The summed E-state index contributed by atoms with van der Waals surface area (Å²) in [5.74, 6) is -0.904. The molecule has 1 saturated heterocycles. The van der Waals surface area contributed by atoms with Gasteiger partial charge >= 0.3 is 11.9 Å². The highest BCUT2D eigenvalue weighted by Crippen LogP contribution is 2.25. The maximum atomic E-state index is 13.2. The first-order valence-electron chi connectivity index (χ1n) is 12.6. The molecule has 1 amide bonds. The van der Waals surface area contributed by atoms with Gasteiger partial charge in [-0.25, -0.2) is 9.59 Å². The molecule has 0 bridgehead atoms. The Balaban J connectivity index is 0.000000307. The standard InChI is InChI=1S/C21H24ClN3O3.C9H8O3/c1-24-11-13-25(14-12-24)19(15-3-5-16(6-4-15)21(27)28-2)20(26)23-18-9-7-17(22)8-10-18;1-12-9(11)8-4-2-7(6-10)3-5-8/h3-10,19H,11-14H2,1-2H3,(H,23,26);2-6H,1H3. The third-order valence-electron chi connectivity index (χ3n) is 6.38. The van der Waals surface area contributed by atoms with Crippen LogP contribution in [0.25, 0.3) is 0 Å². The first-order chi connectivity index (χ1) is 19.2. The topological polar surface area (TPSA) is 105 Å². The molecule has 0 radical (unpaired) electrons. The zero-order valence-electron chi connectivity index (χ0n) is 22.6. The van der Waals surface area contributed by atoms with Crippen LogP contribution < -0.4 is 5.32 Å². The van der Waals surface area contributed by atoms with E-state index in [1.54, 1.807) is 60.7 Å². The van der Waals surface area contributed by atoms with Gasteiger partial charge in [0, 0.05) is 42.5 Å². The van der Waals surface area contributed by atoms with Crippen molar-refractivity contribution in [1.82, 2.24) is 9.80 Å². The number of esters is 2. The van der Waals surface area contributed by atoms with E-state index < -0.39 is 18.0 Å². The van der Waals surface area contributed by atoms with Crippen molar-refractivity contribution < 1.29 is 28.7 Å². The van der Waals surface area contributed by atoms with Gasteiger partial charge in [-0.3, -0.25) is 14.5 Å². The Morgan fingerprint density at radius 3 is 1.77 bits per heavy atom. The van der Waals surface area contributed by atoms with Gasteiger partial charge in [0.2, 0.25) is 5.91 Å². The molecule has 4 rings (SSSR count). The second-order valence-corrected chi connectivity index (χ2v) is 9.52. The number of nitrogens with one attached hydrogen (secondary N) is 1. The third-order valence-corrected chi connectivity index (χ3v) is 6.63. The number of hydrogen-bond acceptors (Lipinski definition) is 8. The van der Waals surface area contributed by atoms with Crippen molar-refractivity contribution in [1.29, 1.82) is 0 Å². The molecular formula is C30H32ClN3O6.